The highest BCUT2D eigenvalue weighted by atomic mass is 35.5. The lowest BCUT2D eigenvalue weighted by Gasteiger charge is -2.37. The van der Waals surface area contributed by atoms with E-state index in [1.807, 2.05) is 0 Å². The number of hydrogen-bond acceptors (Lipinski definition) is 4. The molecule has 2 unspecified atom stereocenters. The van der Waals surface area contributed by atoms with Crippen LogP contribution in [0.25, 0.3) is 0 Å². The van der Waals surface area contributed by atoms with E-state index in [1.165, 1.54) is 0 Å². The topological polar surface area (TPSA) is 41.1 Å². The molecule has 1 saturated heterocycles. The number of halogens is 1. The molecule has 2 atom stereocenters. The van der Waals surface area contributed by atoms with Gasteiger partial charge in [0.2, 0.25) is 0 Å². The first kappa shape index (κ1) is 10.6. The Morgan fingerprint density at radius 2 is 2.07 bits per heavy atom. The van der Waals surface area contributed by atoms with Crippen LogP contribution in [-0.2, 0) is 0 Å². The summed E-state index contributed by atoms with van der Waals surface area (Å²) in [6.45, 7) is 6.19. The first-order chi connectivity index (χ1) is 7.16. The Bertz CT molecular complexity index is 334. The average molecular weight is 227 g/mol. The average Bonchev–Trinajstić information content (AvgIpc) is 2.16. The molecule has 2 rings (SSSR count). The van der Waals surface area contributed by atoms with Gasteiger partial charge in [0.15, 0.2) is 5.82 Å². The minimum atomic E-state index is 0.458. The van der Waals surface area contributed by atoms with E-state index in [1.54, 1.807) is 12.5 Å². The fourth-order valence-corrected chi connectivity index (χ4v) is 2.26. The van der Waals surface area contributed by atoms with Crippen molar-refractivity contribution < 1.29 is 0 Å². The lowest BCUT2D eigenvalue weighted by molar-refractivity contribution is 0.405. The van der Waals surface area contributed by atoms with Gasteiger partial charge in [-0.1, -0.05) is 11.6 Å². The largest absolute Gasteiger partial charge is 0.352 e. The molecule has 5 heteroatoms. The molecule has 1 N–H and O–H groups in total. The van der Waals surface area contributed by atoms with Crippen molar-refractivity contribution in [1.29, 1.82) is 0 Å². The van der Waals surface area contributed by atoms with Crippen molar-refractivity contribution in [2.45, 2.75) is 25.9 Å². The van der Waals surface area contributed by atoms with Crippen molar-refractivity contribution in [3.8, 4) is 0 Å². The van der Waals surface area contributed by atoms with Gasteiger partial charge in [-0.05, 0) is 13.8 Å². The van der Waals surface area contributed by atoms with Crippen LogP contribution in [-0.4, -0.2) is 35.1 Å². The van der Waals surface area contributed by atoms with Crippen LogP contribution >= 0.6 is 11.6 Å². The zero-order chi connectivity index (χ0) is 10.8. The maximum Gasteiger partial charge on any atom is 0.150 e. The van der Waals surface area contributed by atoms with Crippen LogP contribution < -0.4 is 10.2 Å². The molecule has 4 nitrogen and oxygen atoms in total. The number of aromatic nitrogens is 2. The van der Waals surface area contributed by atoms with Crippen LogP contribution in [0.2, 0.25) is 5.02 Å². The molecular formula is C10H15ClN4. The molecule has 0 aliphatic carbocycles. The maximum absolute atomic E-state index is 6.07. The predicted molar refractivity (Wildman–Crippen MR) is 61.3 cm³/mol. The fourth-order valence-electron chi connectivity index (χ4n) is 2.04. The van der Waals surface area contributed by atoms with Gasteiger partial charge < -0.3 is 10.2 Å². The minimum Gasteiger partial charge on any atom is -0.352 e. The molecule has 0 radical (unpaired) electrons. The van der Waals surface area contributed by atoms with E-state index in [0.29, 0.717) is 17.1 Å². The number of nitrogens with one attached hydrogen (secondary N) is 1. The summed E-state index contributed by atoms with van der Waals surface area (Å²) < 4.78 is 0. The first-order valence-corrected chi connectivity index (χ1v) is 5.51. The van der Waals surface area contributed by atoms with Crippen molar-refractivity contribution in [1.82, 2.24) is 15.3 Å². The molecule has 82 valence electrons. The van der Waals surface area contributed by atoms with E-state index in [9.17, 15) is 0 Å². The van der Waals surface area contributed by atoms with Gasteiger partial charge in [0.25, 0.3) is 0 Å². The molecule has 2 heterocycles. The molecule has 0 bridgehead atoms. The van der Waals surface area contributed by atoms with Crippen molar-refractivity contribution in [2.24, 2.45) is 0 Å². The third kappa shape index (κ3) is 2.38. The second-order valence-electron chi connectivity index (χ2n) is 4.07. The Labute approximate surface area is 94.7 Å². The highest BCUT2D eigenvalue weighted by Crippen LogP contribution is 2.23. The molecule has 0 aromatic carbocycles. The van der Waals surface area contributed by atoms with Crippen LogP contribution in [0.3, 0.4) is 0 Å². The van der Waals surface area contributed by atoms with Crippen molar-refractivity contribution in [3.05, 3.63) is 17.5 Å². The van der Waals surface area contributed by atoms with E-state index in [2.05, 4.69) is 34.0 Å². The third-order valence-corrected chi connectivity index (χ3v) is 2.77. The molecule has 1 aliphatic rings. The van der Waals surface area contributed by atoms with Crippen LogP contribution in [0.5, 0.6) is 0 Å². The summed E-state index contributed by atoms with van der Waals surface area (Å²) in [7, 11) is 0. The molecule has 1 aromatic heterocycles. The highest BCUT2D eigenvalue weighted by molar-refractivity contribution is 6.32. The summed E-state index contributed by atoms with van der Waals surface area (Å²) in [6.07, 6.45) is 3.18. The first-order valence-electron chi connectivity index (χ1n) is 5.13. The maximum atomic E-state index is 6.07. The van der Waals surface area contributed by atoms with Gasteiger partial charge in [-0.25, -0.2) is 9.97 Å². The zero-order valence-electron chi connectivity index (χ0n) is 8.94. The van der Waals surface area contributed by atoms with E-state index >= 15 is 0 Å². The summed E-state index contributed by atoms with van der Waals surface area (Å²) >= 11 is 6.07. The Morgan fingerprint density at radius 3 is 2.67 bits per heavy atom. The lowest BCUT2D eigenvalue weighted by Crippen LogP contribution is -2.54. The molecule has 1 fully saturated rings. The second-order valence-corrected chi connectivity index (χ2v) is 4.48. The van der Waals surface area contributed by atoms with E-state index in [4.69, 9.17) is 11.6 Å². The summed E-state index contributed by atoms with van der Waals surface area (Å²) in [6, 6.07) is 0.916. The fraction of sp³-hybridized carbons (Fsp3) is 0.600. The van der Waals surface area contributed by atoms with Gasteiger partial charge in [-0.3, -0.25) is 0 Å². The summed E-state index contributed by atoms with van der Waals surface area (Å²) in [5, 5.41) is 4.09. The molecule has 0 saturated carbocycles. The number of rotatable bonds is 1. The Hall–Kier alpha value is -0.870. The molecule has 1 aromatic rings. The lowest BCUT2D eigenvalue weighted by atomic mass is 10.1. The predicted octanol–water partition coefficient (Wildman–Crippen LogP) is 1.32. The van der Waals surface area contributed by atoms with Gasteiger partial charge in [-0.2, -0.15) is 0 Å². The Kier molecular flexibility index (Phi) is 3.07. The van der Waals surface area contributed by atoms with Crippen LogP contribution in [0, 0.1) is 0 Å². The summed E-state index contributed by atoms with van der Waals surface area (Å²) in [5.74, 6) is 0.840. The molecule has 15 heavy (non-hydrogen) atoms. The van der Waals surface area contributed by atoms with Gasteiger partial charge in [0.05, 0.1) is 6.20 Å². The monoisotopic (exact) mass is 226 g/mol. The van der Waals surface area contributed by atoms with Gasteiger partial charge in [-0.15, -0.1) is 0 Å². The summed E-state index contributed by atoms with van der Waals surface area (Å²) in [4.78, 5) is 10.3. The van der Waals surface area contributed by atoms with E-state index in [-0.39, 0.29) is 0 Å². The summed E-state index contributed by atoms with van der Waals surface area (Å²) in [5.41, 5.74) is 0. The van der Waals surface area contributed by atoms with Crippen LogP contribution in [0.15, 0.2) is 12.5 Å². The SMILES string of the molecule is CC1CN(c2ncncc2Cl)CC(C)N1. The van der Waals surface area contributed by atoms with Crippen LogP contribution in [0.4, 0.5) is 5.82 Å². The van der Waals surface area contributed by atoms with Crippen molar-refractivity contribution >= 4 is 17.4 Å². The van der Waals surface area contributed by atoms with Crippen LogP contribution in [0.1, 0.15) is 13.8 Å². The van der Waals surface area contributed by atoms with Crippen molar-refractivity contribution in [2.75, 3.05) is 18.0 Å². The van der Waals surface area contributed by atoms with E-state index < -0.39 is 0 Å². The third-order valence-electron chi connectivity index (χ3n) is 2.51. The minimum absolute atomic E-state index is 0.458. The number of piperazine rings is 1. The van der Waals surface area contributed by atoms with Gasteiger partial charge in [0.1, 0.15) is 11.3 Å². The van der Waals surface area contributed by atoms with Gasteiger partial charge >= 0.3 is 0 Å². The zero-order valence-corrected chi connectivity index (χ0v) is 9.70. The Balaban J connectivity index is 2.20. The molecular weight excluding hydrogens is 212 g/mol. The standard InChI is InChI=1S/C10H15ClN4/c1-7-4-15(5-8(2)14-7)10-9(11)3-12-6-13-10/h3,6-8,14H,4-5H2,1-2H3. The van der Waals surface area contributed by atoms with E-state index in [0.717, 1.165) is 18.9 Å². The normalized spacial score (nSPS) is 26.7. The van der Waals surface area contributed by atoms with Gasteiger partial charge in [0, 0.05) is 25.2 Å². The number of nitrogens with zero attached hydrogens (tertiary/aromatic N) is 3. The highest BCUT2D eigenvalue weighted by Gasteiger charge is 2.23. The van der Waals surface area contributed by atoms with Crippen molar-refractivity contribution in [3.63, 3.8) is 0 Å². The molecule has 0 amide bonds. The number of hydrogen-bond donors (Lipinski definition) is 1. The second kappa shape index (κ2) is 4.33. The smallest absolute Gasteiger partial charge is 0.150 e. The quantitative estimate of drug-likeness (QED) is 0.784. The Morgan fingerprint density at radius 1 is 1.40 bits per heavy atom. The molecule has 0 spiro atoms. The molecule has 1 aliphatic heterocycles. The number of anilines is 1.